The first-order chi connectivity index (χ1) is 20.1. The van der Waals surface area contributed by atoms with Gasteiger partial charge in [0.2, 0.25) is 0 Å². The third-order valence-corrected chi connectivity index (χ3v) is 8.37. The Labute approximate surface area is 241 Å². The minimum atomic E-state index is -0.124. The first-order valence-electron chi connectivity index (χ1n) is 14.9. The summed E-state index contributed by atoms with van der Waals surface area (Å²) < 4.78 is 6.06. The molecule has 0 spiro atoms. The molecule has 2 N–H and O–H groups in total. The quantitative estimate of drug-likeness (QED) is 0.476. The second-order valence-electron chi connectivity index (χ2n) is 11.3. The Hall–Kier alpha value is -3.54. The van der Waals surface area contributed by atoms with E-state index in [1.165, 1.54) is 12.8 Å². The number of amides is 2. The van der Waals surface area contributed by atoms with E-state index in [2.05, 4.69) is 59.5 Å². The fraction of sp³-hybridized carbons (Fsp3) is 0.533. The van der Waals surface area contributed by atoms with Crippen LogP contribution in [0.15, 0.2) is 47.5 Å². The van der Waals surface area contributed by atoms with Crippen LogP contribution in [-0.2, 0) is 0 Å². The number of likely N-dealkylation sites (tertiary alicyclic amines) is 1. The first-order valence-corrected chi connectivity index (χ1v) is 14.9. The van der Waals surface area contributed by atoms with E-state index in [0.717, 1.165) is 86.6 Å². The number of rotatable bonds is 8. The van der Waals surface area contributed by atoms with E-state index in [1.54, 1.807) is 12.5 Å². The summed E-state index contributed by atoms with van der Waals surface area (Å²) in [5.74, 6) is 0.836. The molecule has 0 bridgehead atoms. The lowest BCUT2D eigenvalue weighted by Crippen LogP contribution is -2.46. The SMILES string of the molecule is CN1CCN(CCCOc2ccc3c(C4=CCN(C(=O)NC5=CNC(N6CCCC6)N=C5)CC4)ncnc3c2)CC1. The van der Waals surface area contributed by atoms with Gasteiger partial charge in [0, 0.05) is 76.6 Å². The number of piperazine rings is 1. The summed E-state index contributed by atoms with van der Waals surface area (Å²) in [4.78, 5) is 35.6. The number of ether oxygens (including phenoxy) is 1. The minimum absolute atomic E-state index is 0.0314. The summed E-state index contributed by atoms with van der Waals surface area (Å²) in [5.41, 5.74) is 3.61. The van der Waals surface area contributed by atoms with Gasteiger partial charge in [-0.15, -0.1) is 0 Å². The second-order valence-corrected chi connectivity index (χ2v) is 11.3. The van der Waals surface area contributed by atoms with Gasteiger partial charge in [0.25, 0.3) is 0 Å². The highest BCUT2D eigenvalue weighted by Crippen LogP contribution is 2.29. The van der Waals surface area contributed by atoms with Crippen molar-refractivity contribution < 1.29 is 9.53 Å². The summed E-state index contributed by atoms with van der Waals surface area (Å²) in [6.45, 7) is 9.56. The number of carbonyl (C=O) groups is 1. The van der Waals surface area contributed by atoms with Crippen LogP contribution < -0.4 is 15.4 Å². The number of urea groups is 1. The molecule has 4 aliphatic heterocycles. The van der Waals surface area contributed by atoms with Crippen molar-refractivity contribution in [2.24, 2.45) is 4.99 Å². The summed E-state index contributed by atoms with van der Waals surface area (Å²) in [7, 11) is 2.18. The van der Waals surface area contributed by atoms with Crippen molar-refractivity contribution in [2.75, 3.05) is 72.6 Å². The van der Waals surface area contributed by atoms with Crippen molar-refractivity contribution in [3.05, 3.63) is 48.2 Å². The van der Waals surface area contributed by atoms with E-state index in [0.29, 0.717) is 25.4 Å². The highest BCUT2D eigenvalue weighted by molar-refractivity contribution is 5.91. The zero-order chi connectivity index (χ0) is 28.0. The van der Waals surface area contributed by atoms with E-state index in [-0.39, 0.29) is 12.3 Å². The minimum Gasteiger partial charge on any atom is -0.493 e. The van der Waals surface area contributed by atoms with Gasteiger partial charge in [0.05, 0.1) is 29.7 Å². The topological polar surface area (TPSA) is 101 Å². The van der Waals surface area contributed by atoms with Gasteiger partial charge in [-0.2, -0.15) is 0 Å². The van der Waals surface area contributed by atoms with Crippen LogP contribution in [0.4, 0.5) is 4.79 Å². The van der Waals surface area contributed by atoms with Gasteiger partial charge >= 0.3 is 6.03 Å². The van der Waals surface area contributed by atoms with Crippen LogP contribution in [0.25, 0.3) is 16.5 Å². The summed E-state index contributed by atoms with van der Waals surface area (Å²) in [6, 6.07) is 5.94. The van der Waals surface area contributed by atoms with E-state index in [9.17, 15) is 4.79 Å². The fourth-order valence-corrected chi connectivity index (χ4v) is 5.85. The molecular formula is C30H41N9O2. The van der Waals surface area contributed by atoms with Crippen molar-refractivity contribution in [3.8, 4) is 5.75 Å². The van der Waals surface area contributed by atoms with Crippen LogP contribution >= 0.6 is 0 Å². The number of nitrogens with zero attached hydrogens (tertiary/aromatic N) is 7. The molecule has 4 aliphatic rings. The van der Waals surface area contributed by atoms with Gasteiger partial charge in [0.15, 0.2) is 6.29 Å². The number of hydrogen-bond acceptors (Lipinski definition) is 9. The number of fused-ring (bicyclic) bond motifs is 1. The number of aromatic nitrogens is 2. The molecule has 1 aromatic carbocycles. The third-order valence-electron chi connectivity index (χ3n) is 8.37. The Kier molecular flexibility index (Phi) is 8.74. The van der Waals surface area contributed by atoms with Crippen LogP contribution in [0.3, 0.4) is 0 Å². The molecule has 0 aliphatic carbocycles. The number of allylic oxidation sites excluding steroid dienone is 1. The third kappa shape index (κ3) is 6.86. The summed E-state index contributed by atoms with van der Waals surface area (Å²) >= 11 is 0. The molecule has 1 aromatic heterocycles. The lowest BCUT2D eigenvalue weighted by Gasteiger charge is -2.32. The summed E-state index contributed by atoms with van der Waals surface area (Å²) in [6.07, 6.45) is 11.4. The van der Waals surface area contributed by atoms with Crippen molar-refractivity contribution in [1.82, 2.24) is 40.2 Å². The Morgan fingerprint density at radius 1 is 1.10 bits per heavy atom. The maximum absolute atomic E-state index is 12.9. The van der Waals surface area contributed by atoms with Crippen molar-refractivity contribution in [1.29, 1.82) is 0 Å². The Morgan fingerprint density at radius 2 is 1.95 bits per heavy atom. The zero-order valence-electron chi connectivity index (χ0n) is 24.0. The van der Waals surface area contributed by atoms with Crippen molar-refractivity contribution >= 4 is 28.7 Å². The van der Waals surface area contributed by atoms with E-state index < -0.39 is 0 Å². The van der Waals surface area contributed by atoms with Gasteiger partial charge in [-0.1, -0.05) is 6.08 Å². The molecular weight excluding hydrogens is 518 g/mol. The lowest BCUT2D eigenvalue weighted by molar-refractivity contribution is 0.145. The molecule has 1 unspecified atom stereocenters. The van der Waals surface area contributed by atoms with Gasteiger partial charge in [-0.05, 0) is 50.4 Å². The van der Waals surface area contributed by atoms with Crippen LogP contribution in [0.5, 0.6) is 5.75 Å². The first kappa shape index (κ1) is 27.6. The largest absolute Gasteiger partial charge is 0.493 e. The second kappa shape index (κ2) is 13.0. The average molecular weight is 560 g/mol. The van der Waals surface area contributed by atoms with E-state index >= 15 is 0 Å². The standard InChI is InChI=1S/C30H41N9O2/c1-36-14-16-37(17-15-36)9-4-18-41-25-5-6-26-27(19-25)33-22-34-28(26)23-7-12-39(13-8-23)30(40)35-24-20-31-29(32-21-24)38-10-2-3-11-38/h5-7,19-22,29,31H,2-4,8-18H2,1H3,(H,35,40). The van der Waals surface area contributed by atoms with Crippen LogP contribution in [0, 0.1) is 0 Å². The van der Waals surface area contributed by atoms with Gasteiger partial charge in [-0.25, -0.2) is 14.8 Å². The smallest absolute Gasteiger partial charge is 0.322 e. The molecule has 2 amide bonds. The molecule has 41 heavy (non-hydrogen) atoms. The molecule has 218 valence electrons. The van der Waals surface area contributed by atoms with E-state index in [4.69, 9.17) is 4.74 Å². The van der Waals surface area contributed by atoms with E-state index in [1.807, 2.05) is 23.2 Å². The predicted octanol–water partition coefficient (Wildman–Crippen LogP) is 2.34. The Morgan fingerprint density at radius 3 is 2.71 bits per heavy atom. The van der Waals surface area contributed by atoms with Gasteiger partial charge in [-0.3, -0.25) is 9.89 Å². The van der Waals surface area contributed by atoms with Crippen LogP contribution in [0.1, 0.15) is 31.4 Å². The van der Waals surface area contributed by atoms with Crippen LogP contribution in [0.2, 0.25) is 0 Å². The number of carbonyl (C=O) groups excluding carboxylic acids is 1. The molecule has 0 radical (unpaired) electrons. The number of aliphatic imine (C=N–C) groups is 1. The average Bonchev–Trinajstić information content (AvgIpc) is 3.56. The molecule has 11 nitrogen and oxygen atoms in total. The van der Waals surface area contributed by atoms with Gasteiger partial charge < -0.3 is 30.1 Å². The number of benzene rings is 1. The molecule has 6 rings (SSSR count). The molecule has 5 heterocycles. The lowest BCUT2D eigenvalue weighted by atomic mass is 10.0. The Balaban J connectivity index is 1.00. The molecule has 2 saturated heterocycles. The molecule has 2 aromatic rings. The molecule has 2 fully saturated rings. The van der Waals surface area contributed by atoms with Gasteiger partial charge in [0.1, 0.15) is 12.1 Å². The van der Waals surface area contributed by atoms with Crippen molar-refractivity contribution in [2.45, 2.75) is 32.0 Å². The highest BCUT2D eigenvalue weighted by Gasteiger charge is 2.24. The number of nitrogens with one attached hydrogen (secondary N) is 2. The monoisotopic (exact) mass is 559 g/mol. The zero-order valence-corrected chi connectivity index (χ0v) is 24.0. The number of hydrogen-bond donors (Lipinski definition) is 2. The van der Waals surface area contributed by atoms with Crippen molar-refractivity contribution in [3.63, 3.8) is 0 Å². The molecule has 1 atom stereocenters. The molecule has 0 saturated carbocycles. The number of likely N-dealkylation sites (N-methyl/N-ethyl adjacent to an activating group) is 1. The maximum Gasteiger partial charge on any atom is 0.322 e. The van der Waals surface area contributed by atoms with Crippen LogP contribution in [-0.4, -0.2) is 121 Å². The predicted molar refractivity (Wildman–Crippen MR) is 161 cm³/mol. The Bertz CT molecular complexity index is 1310. The normalized spacial score (nSPS) is 22.4. The molecule has 11 heteroatoms. The highest BCUT2D eigenvalue weighted by atomic mass is 16.5. The fourth-order valence-electron chi connectivity index (χ4n) is 5.85. The summed E-state index contributed by atoms with van der Waals surface area (Å²) in [5, 5.41) is 7.27. The maximum atomic E-state index is 12.9.